The molecule has 0 aromatic heterocycles. The van der Waals surface area contributed by atoms with Crippen LogP contribution >= 0.6 is 12.4 Å². The Morgan fingerprint density at radius 2 is 1.36 bits per heavy atom. The van der Waals surface area contributed by atoms with Gasteiger partial charge in [0.2, 0.25) is 0 Å². The Morgan fingerprint density at radius 3 is 1.89 bits per heavy atom. The van der Waals surface area contributed by atoms with Gasteiger partial charge in [-0.25, -0.2) is 0 Å². The van der Waals surface area contributed by atoms with Gasteiger partial charge in [0, 0.05) is 13.7 Å². The van der Waals surface area contributed by atoms with Crippen molar-refractivity contribution >= 4 is 12.4 Å². The molecule has 0 heterocycles. The Kier molecular flexibility index (Phi) is 18.0. The van der Waals surface area contributed by atoms with Crippen molar-refractivity contribution in [2.75, 3.05) is 13.7 Å². The van der Waals surface area contributed by atoms with Gasteiger partial charge in [-0.05, 0) is 25.8 Å². The highest BCUT2D eigenvalue weighted by atomic mass is 35.5. The third-order valence-electron chi connectivity index (χ3n) is 5.27. The SMILES string of the molecule is CCCCCCCCCCCCOC(C)C(NC(C)OC)c1ccccc1.Cl. The quantitative estimate of drug-likeness (QED) is 0.219. The van der Waals surface area contributed by atoms with Crippen molar-refractivity contribution in [2.24, 2.45) is 0 Å². The maximum absolute atomic E-state index is 6.16. The second kappa shape index (κ2) is 18.4. The molecule has 1 N–H and O–H groups in total. The molecule has 0 spiro atoms. The topological polar surface area (TPSA) is 30.5 Å². The van der Waals surface area contributed by atoms with Crippen LogP contribution in [-0.2, 0) is 9.47 Å². The molecule has 0 saturated carbocycles. The molecule has 0 amide bonds. The number of nitrogens with one attached hydrogen (secondary N) is 1. The molecule has 1 rings (SSSR count). The molecule has 0 aliphatic heterocycles. The highest BCUT2D eigenvalue weighted by molar-refractivity contribution is 5.85. The maximum Gasteiger partial charge on any atom is 0.105 e. The van der Waals surface area contributed by atoms with Crippen LogP contribution in [0.25, 0.3) is 0 Å². The van der Waals surface area contributed by atoms with Gasteiger partial charge in [-0.3, -0.25) is 5.32 Å². The zero-order valence-corrected chi connectivity index (χ0v) is 19.4. The lowest BCUT2D eigenvalue weighted by Gasteiger charge is -2.28. The van der Waals surface area contributed by atoms with Gasteiger partial charge in [-0.2, -0.15) is 0 Å². The highest BCUT2D eigenvalue weighted by Crippen LogP contribution is 2.20. The summed E-state index contributed by atoms with van der Waals surface area (Å²) in [5.74, 6) is 0. The van der Waals surface area contributed by atoms with Crippen LogP contribution in [0.3, 0.4) is 0 Å². The van der Waals surface area contributed by atoms with Gasteiger partial charge in [0.1, 0.15) is 6.23 Å². The molecular weight excluding hydrogens is 370 g/mol. The Hall–Kier alpha value is -0.610. The third kappa shape index (κ3) is 12.8. The summed E-state index contributed by atoms with van der Waals surface area (Å²) in [6.45, 7) is 7.30. The number of rotatable bonds is 17. The van der Waals surface area contributed by atoms with Gasteiger partial charge in [-0.15, -0.1) is 12.4 Å². The third-order valence-corrected chi connectivity index (χ3v) is 5.27. The summed E-state index contributed by atoms with van der Waals surface area (Å²) in [5.41, 5.74) is 1.25. The van der Waals surface area contributed by atoms with E-state index in [2.05, 4.69) is 49.5 Å². The van der Waals surface area contributed by atoms with E-state index in [1.807, 2.05) is 6.92 Å². The number of unbranched alkanes of at least 4 members (excludes halogenated alkanes) is 9. The lowest BCUT2D eigenvalue weighted by atomic mass is 10.0. The van der Waals surface area contributed by atoms with Crippen LogP contribution in [0.5, 0.6) is 0 Å². The Balaban J connectivity index is 0.00000729. The molecule has 28 heavy (non-hydrogen) atoms. The first-order valence-electron chi connectivity index (χ1n) is 11.1. The summed E-state index contributed by atoms with van der Waals surface area (Å²) >= 11 is 0. The van der Waals surface area contributed by atoms with E-state index >= 15 is 0 Å². The zero-order valence-electron chi connectivity index (χ0n) is 18.6. The van der Waals surface area contributed by atoms with Crippen LogP contribution in [0.2, 0.25) is 0 Å². The molecule has 4 heteroatoms. The van der Waals surface area contributed by atoms with Gasteiger partial charge in [-0.1, -0.05) is 95.0 Å². The molecule has 3 atom stereocenters. The van der Waals surface area contributed by atoms with E-state index in [1.165, 1.54) is 63.4 Å². The van der Waals surface area contributed by atoms with E-state index in [1.54, 1.807) is 7.11 Å². The number of hydrogen-bond donors (Lipinski definition) is 1. The van der Waals surface area contributed by atoms with Crippen LogP contribution in [-0.4, -0.2) is 26.0 Å². The average molecular weight is 414 g/mol. The predicted molar refractivity (Wildman–Crippen MR) is 123 cm³/mol. The molecule has 0 aliphatic carbocycles. The summed E-state index contributed by atoms with van der Waals surface area (Å²) in [5, 5.41) is 3.53. The molecule has 0 bridgehead atoms. The molecule has 1 aromatic rings. The van der Waals surface area contributed by atoms with E-state index < -0.39 is 0 Å². The van der Waals surface area contributed by atoms with Crippen molar-refractivity contribution in [3.8, 4) is 0 Å². The maximum atomic E-state index is 6.16. The fourth-order valence-electron chi connectivity index (χ4n) is 3.44. The fraction of sp³-hybridized carbons (Fsp3) is 0.750. The summed E-state index contributed by atoms with van der Waals surface area (Å²) in [6.07, 6.45) is 13.6. The molecule has 0 aliphatic rings. The van der Waals surface area contributed by atoms with Crippen molar-refractivity contribution in [2.45, 2.75) is 103 Å². The van der Waals surface area contributed by atoms with Crippen LogP contribution in [0.15, 0.2) is 30.3 Å². The van der Waals surface area contributed by atoms with Gasteiger partial charge >= 0.3 is 0 Å². The molecule has 164 valence electrons. The van der Waals surface area contributed by atoms with Gasteiger partial charge < -0.3 is 9.47 Å². The monoisotopic (exact) mass is 413 g/mol. The molecule has 0 fully saturated rings. The standard InChI is InChI=1S/C24H43NO2.ClH/c1-5-6-7-8-9-10-11-12-13-17-20-27-21(2)24(25-22(3)26-4)23-18-15-14-16-19-23;/h14-16,18-19,21-22,24-25H,5-13,17,20H2,1-4H3;1H. The minimum Gasteiger partial charge on any atom is -0.377 e. The predicted octanol–water partition coefficient (Wildman–Crippen LogP) is 7.06. The Labute approximate surface area is 180 Å². The molecule has 0 saturated heterocycles. The lowest BCUT2D eigenvalue weighted by Crippen LogP contribution is -2.38. The summed E-state index contributed by atoms with van der Waals surface area (Å²) in [7, 11) is 1.73. The second-order valence-electron chi connectivity index (χ2n) is 7.69. The summed E-state index contributed by atoms with van der Waals surface area (Å²) in [6, 6.07) is 10.7. The second-order valence-corrected chi connectivity index (χ2v) is 7.69. The molecule has 3 nitrogen and oxygen atoms in total. The first-order valence-corrected chi connectivity index (χ1v) is 11.1. The Bertz CT molecular complexity index is 443. The molecule has 3 unspecified atom stereocenters. The highest BCUT2D eigenvalue weighted by Gasteiger charge is 2.21. The van der Waals surface area contributed by atoms with Crippen molar-refractivity contribution in [3.63, 3.8) is 0 Å². The van der Waals surface area contributed by atoms with Crippen molar-refractivity contribution in [1.82, 2.24) is 5.32 Å². The van der Waals surface area contributed by atoms with Crippen LogP contribution in [0.1, 0.15) is 96.6 Å². The van der Waals surface area contributed by atoms with Gasteiger partial charge in [0.05, 0.1) is 12.1 Å². The van der Waals surface area contributed by atoms with Crippen molar-refractivity contribution in [3.05, 3.63) is 35.9 Å². The average Bonchev–Trinajstić information content (AvgIpc) is 2.70. The molecule has 1 aromatic carbocycles. The van der Waals surface area contributed by atoms with Crippen molar-refractivity contribution < 1.29 is 9.47 Å². The van der Waals surface area contributed by atoms with Crippen LogP contribution in [0, 0.1) is 0 Å². The number of hydrogen-bond acceptors (Lipinski definition) is 3. The normalized spacial score (nSPS) is 14.3. The largest absolute Gasteiger partial charge is 0.377 e. The Morgan fingerprint density at radius 1 is 0.821 bits per heavy atom. The number of ether oxygens (including phenoxy) is 2. The van der Waals surface area contributed by atoms with E-state index in [9.17, 15) is 0 Å². The lowest BCUT2D eigenvalue weighted by molar-refractivity contribution is 0.00622. The first-order chi connectivity index (χ1) is 13.2. The summed E-state index contributed by atoms with van der Waals surface area (Å²) < 4.78 is 11.6. The van der Waals surface area contributed by atoms with E-state index in [-0.39, 0.29) is 30.8 Å². The fourth-order valence-corrected chi connectivity index (χ4v) is 3.44. The van der Waals surface area contributed by atoms with E-state index in [0.717, 1.165) is 13.0 Å². The van der Waals surface area contributed by atoms with Gasteiger partial charge in [0.15, 0.2) is 0 Å². The van der Waals surface area contributed by atoms with Crippen molar-refractivity contribution in [1.29, 1.82) is 0 Å². The number of benzene rings is 1. The van der Waals surface area contributed by atoms with E-state index in [4.69, 9.17) is 9.47 Å². The van der Waals surface area contributed by atoms with Crippen LogP contribution in [0.4, 0.5) is 0 Å². The molecular formula is C24H44ClNO2. The zero-order chi connectivity index (χ0) is 19.7. The number of methoxy groups -OCH3 is 1. The summed E-state index contributed by atoms with van der Waals surface area (Å²) in [4.78, 5) is 0. The smallest absolute Gasteiger partial charge is 0.105 e. The minimum atomic E-state index is -0.00131. The first kappa shape index (κ1) is 27.4. The van der Waals surface area contributed by atoms with Crippen LogP contribution < -0.4 is 5.32 Å². The van der Waals surface area contributed by atoms with E-state index in [0.29, 0.717) is 0 Å². The number of halogens is 1. The molecule has 0 radical (unpaired) electrons. The van der Waals surface area contributed by atoms with Gasteiger partial charge in [0.25, 0.3) is 0 Å². The minimum absolute atomic E-state index is 0.